The van der Waals surface area contributed by atoms with Crippen LogP contribution in [0.5, 0.6) is 0 Å². The first kappa shape index (κ1) is 13.3. The van der Waals surface area contributed by atoms with Crippen LogP contribution < -0.4 is 16.0 Å². The number of carbonyl (C=O) groups excluding carboxylic acids is 2. The second-order valence-electron chi connectivity index (χ2n) is 4.26. The van der Waals surface area contributed by atoms with Crippen molar-refractivity contribution in [2.75, 3.05) is 19.6 Å². The summed E-state index contributed by atoms with van der Waals surface area (Å²) in [6.07, 6.45) is 2.48. The second kappa shape index (κ2) is 6.06. The van der Waals surface area contributed by atoms with Crippen molar-refractivity contribution >= 4 is 24.2 Å². The van der Waals surface area contributed by atoms with E-state index >= 15 is 0 Å². The van der Waals surface area contributed by atoms with Gasteiger partial charge in [0, 0.05) is 25.6 Å². The van der Waals surface area contributed by atoms with E-state index in [0.29, 0.717) is 13.0 Å². The summed E-state index contributed by atoms with van der Waals surface area (Å²) in [5, 5.41) is 8.90. The monoisotopic (exact) mass is 247 g/mol. The predicted molar refractivity (Wildman–Crippen MR) is 62.4 cm³/mol. The van der Waals surface area contributed by atoms with Gasteiger partial charge < -0.3 is 16.0 Å². The molecule has 0 bridgehead atoms. The largest absolute Gasteiger partial charge is 0.355 e. The molecule has 6 heteroatoms. The van der Waals surface area contributed by atoms with Crippen molar-refractivity contribution in [3.63, 3.8) is 0 Å². The molecule has 5 nitrogen and oxygen atoms in total. The molecule has 2 aliphatic heterocycles. The Morgan fingerprint density at radius 2 is 2.19 bits per heavy atom. The number of amides is 2. The number of piperidine rings is 1. The molecule has 2 atom stereocenters. The lowest BCUT2D eigenvalue weighted by atomic mass is 10.0. The number of nitrogens with one attached hydrogen (secondary N) is 3. The van der Waals surface area contributed by atoms with Crippen LogP contribution in [0.3, 0.4) is 0 Å². The molecule has 0 aromatic rings. The Morgan fingerprint density at radius 3 is 2.75 bits per heavy atom. The minimum atomic E-state index is -0.167. The van der Waals surface area contributed by atoms with Gasteiger partial charge in [-0.25, -0.2) is 0 Å². The molecule has 0 spiro atoms. The molecule has 2 heterocycles. The molecule has 0 aromatic carbocycles. The maximum Gasteiger partial charge on any atom is 0.225 e. The van der Waals surface area contributed by atoms with Crippen LogP contribution in [0.4, 0.5) is 0 Å². The zero-order valence-electron chi connectivity index (χ0n) is 9.12. The quantitative estimate of drug-likeness (QED) is 0.611. The Morgan fingerprint density at radius 1 is 1.38 bits per heavy atom. The first-order valence-corrected chi connectivity index (χ1v) is 5.53. The van der Waals surface area contributed by atoms with E-state index in [1.165, 1.54) is 0 Å². The molecule has 2 aliphatic rings. The van der Waals surface area contributed by atoms with E-state index in [9.17, 15) is 9.59 Å². The summed E-state index contributed by atoms with van der Waals surface area (Å²) in [5.41, 5.74) is 0. The van der Waals surface area contributed by atoms with Crippen molar-refractivity contribution in [2.45, 2.75) is 25.3 Å². The van der Waals surface area contributed by atoms with Gasteiger partial charge >= 0.3 is 0 Å². The van der Waals surface area contributed by atoms with E-state index in [1.54, 1.807) is 0 Å². The van der Waals surface area contributed by atoms with Crippen molar-refractivity contribution in [2.24, 2.45) is 5.92 Å². The average Bonchev–Trinajstić information content (AvgIpc) is 2.66. The molecule has 0 aliphatic carbocycles. The van der Waals surface area contributed by atoms with Crippen molar-refractivity contribution < 1.29 is 9.59 Å². The lowest BCUT2D eigenvalue weighted by Gasteiger charge is -2.24. The summed E-state index contributed by atoms with van der Waals surface area (Å²) in [5.74, 6) is -0.168. The Balaban J connectivity index is 0.00000128. The van der Waals surface area contributed by atoms with Crippen molar-refractivity contribution in [3.05, 3.63) is 0 Å². The fraction of sp³-hybridized carbons (Fsp3) is 0.800. The van der Waals surface area contributed by atoms with Gasteiger partial charge in [-0.2, -0.15) is 0 Å². The molecular weight excluding hydrogens is 230 g/mol. The minimum absolute atomic E-state index is 0. The van der Waals surface area contributed by atoms with Gasteiger partial charge in [-0.3, -0.25) is 9.59 Å². The molecule has 0 radical (unpaired) electrons. The Bertz CT molecular complexity index is 267. The highest BCUT2D eigenvalue weighted by molar-refractivity contribution is 5.89. The maximum atomic E-state index is 11.7. The number of hydrogen-bond donors (Lipinski definition) is 3. The Labute approximate surface area is 101 Å². The SMILES string of the molecule is Cl.O=C1CC(C(=O)NC2CCCNC2)CN1. The molecule has 92 valence electrons. The van der Waals surface area contributed by atoms with Crippen LogP contribution in [0.25, 0.3) is 0 Å². The topological polar surface area (TPSA) is 70.2 Å². The third-order valence-electron chi connectivity index (χ3n) is 2.99. The molecule has 16 heavy (non-hydrogen) atoms. The molecule has 2 rings (SSSR count). The van der Waals surface area contributed by atoms with Crippen LogP contribution in [-0.4, -0.2) is 37.5 Å². The molecule has 2 amide bonds. The molecule has 2 saturated heterocycles. The zero-order valence-corrected chi connectivity index (χ0v) is 9.94. The molecule has 3 N–H and O–H groups in total. The molecule has 2 unspecified atom stereocenters. The van der Waals surface area contributed by atoms with Gasteiger partial charge in [0.1, 0.15) is 0 Å². The lowest BCUT2D eigenvalue weighted by molar-refractivity contribution is -0.127. The van der Waals surface area contributed by atoms with Gasteiger partial charge in [0.05, 0.1) is 5.92 Å². The average molecular weight is 248 g/mol. The number of hydrogen-bond acceptors (Lipinski definition) is 3. The van der Waals surface area contributed by atoms with Gasteiger partial charge in [0.2, 0.25) is 11.8 Å². The normalized spacial score (nSPS) is 29.1. The minimum Gasteiger partial charge on any atom is -0.355 e. The Hall–Kier alpha value is -0.810. The van der Waals surface area contributed by atoms with Gasteiger partial charge in [0.25, 0.3) is 0 Å². The molecule has 0 aromatic heterocycles. The smallest absolute Gasteiger partial charge is 0.225 e. The van der Waals surface area contributed by atoms with E-state index in [2.05, 4.69) is 16.0 Å². The van der Waals surface area contributed by atoms with Crippen LogP contribution in [0.2, 0.25) is 0 Å². The highest BCUT2D eigenvalue weighted by atomic mass is 35.5. The van der Waals surface area contributed by atoms with Crippen LogP contribution in [0.1, 0.15) is 19.3 Å². The summed E-state index contributed by atoms with van der Waals surface area (Å²) in [7, 11) is 0. The highest BCUT2D eigenvalue weighted by Gasteiger charge is 2.29. The number of rotatable bonds is 2. The van der Waals surface area contributed by atoms with Crippen molar-refractivity contribution in [1.29, 1.82) is 0 Å². The van der Waals surface area contributed by atoms with Crippen LogP contribution in [0.15, 0.2) is 0 Å². The van der Waals surface area contributed by atoms with Crippen molar-refractivity contribution in [3.8, 4) is 0 Å². The zero-order chi connectivity index (χ0) is 10.7. The summed E-state index contributed by atoms with van der Waals surface area (Å²) in [6.45, 7) is 2.38. The first-order chi connectivity index (χ1) is 7.25. The van der Waals surface area contributed by atoms with Crippen molar-refractivity contribution in [1.82, 2.24) is 16.0 Å². The predicted octanol–water partition coefficient (Wildman–Crippen LogP) is -0.587. The molecule has 2 fully saturated rings. The fourth-order valence-electron chi connectivity index (χ4n) is 2.08. The van der Waals surface area contributed by atoms with E-state index in [4.69, 9.17) is 0 Å². The van der Waals surface area contributed by atoms with E-state index < -0.39 is 0 Å². The molecule has 0 saturated carbocycles. The third-order valence-corrected chi connectivity index (χ3v) is 2.99. The van der Waals surface area contributed by atoms with Gasteiger partial charge in [-0.05, 0) is 19.4 Å². The van der Waals surface area contributed by atoms with Crippen LogP contribution in [-0.2, 0) is 9.59 Å². The van der Waals surface area contributed by atoms with Gasteiger partial charge in [-0.15, -0.1) is 12.4 Å². The standard InChI is InChI=1S/C10H17N3O2.ClH/c14-9-4-7(5-12-9)10(15)13-8-2-1-3-11-6-8;/h7-8,11H,1-6H2,(H,12,14)(H,13,15);1H. The van der Waals surface area contributed by atoms with Crippen LogP contribution in [0, 0.1) is 5.92 Å². The van der Waals surface area contributed by atoms with E-state index in [1.807, 2.05) is 0 Å². The van der Waals surface area contributed by atoms with Gasteiger partial charge in [-0.1, -0.05) is 0 Å². The van der Waals surface area contributed by atoms with E-state index in [-0.39, 0.29) is 36.2 Å². The maximum absolute atomic E-state index is 11.7. The second-order valence-corrected chi connectivity index (χ2v) is 4.26. The summed E-state index contributed by atoms with van der Waals surface area (Å²) in [6, 6.07) is 0.238. The number of carbonyl (C=O) groups is 2. The highest BCUT2D eigenvalue weighted by Crippen LogP contribution is 2.10. The summed E-state index contributed by atoms with van der Waals surface area (Å²) in [4.78, 5) is 22.7. The third kappa shape index (κ3) is 3.35. The first-order valence-electron chi connectivity index (χ1n) is 5.53. The summed E-state index contributed by atoms with van der Waals surface area (Å²) >= 11 is 0. The van der Waals surface area contributed by atoms with E-state index in [0.717, 1.165) is 25.9 Å². The number of halogens is 1. The summed E-state index contributed by atoms with van der Waals surface area (Å²) < 4.78 is 0. The fourth-order valence-corrected chi connectivity index (χ4v) is 2.08. The van der Waals surface area contributed by atoms with Crippen LogP contribution >= 0.6 is 12.4 Å². The lowest BCUT2D eigenvalue weighted by Crippen LogP contribution is -2.47. The Kier molecular flexibility index (Phi) is 5.02. The van der Waals surface area contributed by atoms with Gasteiger partial charge in [0.15, 0.2) is 0 Å². The molecular formula is C10H18ClN3O2.